The molecule has 2 atom stereocenters. The first-order valence-electron chi connectivity index (χ1n) is 6.94. The molecule has 0 aliphatic heterocycles. The minimum absolute atomic E-state index is 0.146. The number of nitrogens with one attached hydrogen (secondary N) is 1. The smallest absolute Gasteiger partial charge is 0.416 e. The molecule has 6 heteroatoms. The third-order valence-corrected chi connectivity index (χ3v) is 5.06. The highest BCUT2D eigenvalue weighted by Crippen LogP contribution is 2.42. The van der Waals surface area contributed by atoms with Crippen molar-refractivity contribution >= 4 is 11.4 Å². The predicted molar refractivity (Wildman–Crippen MR) is 77.9 cm³/mol. The normalized spacial score (nSPS) is 19.4. The lowest BCUT2D eigenvalue weighted by atomic mass is 10.0. The van der Waals surface area contributed by atoms with Crippen LogP contribution >= 0.6 is 0 Å². The molecule has 0 heterocycles. The van der Waals surface area contributed by atoms with Gasteiger partial charge in [0.2, 0.25) is 0 Å². The predicted octanol–water partition coefficient (Wildman–Crippen LogP) is 4.21. The topological polar surface area (TPSA) is 35.1 Å². The third kappa shape index (κ3) is 4.37. The van der Waals surface area contributed by atoms with Crippen molar-refractivity contribution in [2.45, 2.75) is 50.6 Å². The summed E-state index contributed by atoms with van der Waals surface area (Å²) in [6.07, 6.45) is -2.30. The molecule has 1 fully saturated rings. The molecule has 1 aliphatic carbocycles. The molecule has 0 unspecified atom stereocenters. The molecule has 0 spiro atoms. The van der Waals surface area contributed by atoms with Crippen LogP contribution in [0.5, 0.6) is 0 Å². The van der Waals surface area contributed by atoms with E-state index >= 15 is 0 Å². The standard InChI is InChI=1S/C15H20F3NOS/c1-14(2,3)21(20)19-13(10-4-5-10)11-6-8-12(9-7-11)15(16,17)18/h6-10,13,19H,4-5H2,1-3H3/t13-,21+/m0/s1. The van der Waals surface area contributed by atoms with Gasteiger partial charge in [0.25, 0.3) is 0 Å². The van der Waals surface area contributed by atoms with Crippen molar-refractivity contribution in [3.05, 3.63) is 35.4 Å². The monoisotopic (exact) mass is 319 g/mol. The maximum absolute atomic E-state index is 12.6. The molecule has 1 aromatic carbocycles. The van der Waals surface area contributed by atoms with E-state index in [9.17, 15) is 17.7 Å². The Bertz CT molecular complexity index is 477. The van der Waals surface area contributed by atoms with Gasteiger partial charge in [0.15, 0.2) is 0 Å². The van der Waals surface area contributed by atoms with E-state index in [0.717, 1.165) is 30.5 Å². The maximum atomic E-state index is 12.6. The molecular formula is C15H20F3NOS. The zero-order chi connectivity index (χ0) is 15.8. The van der Waals surface area contributed by atoms with Crippen LogP contribution in [0.25, 0.3) is 0 Å². The molecule has 1 saturated carbocycles. The molecular weight excluding hydrogens is 299 g/mol. The second kappa shape index (κ2) is 5.82. The second-order valence-electron chi connectivity index (χ2n) is 6.43. The van der Waals surface area contributed by atoms with Gasteiger partial charge in [0.1, 0.15) is 4.75 Å². The lowest BCUT2D eigenvalue weighted by Crippen LogP contribution is -2.41. The lowest BCUT2D eigenvalue weighted by molar-refractivity contribution is -0.137. The Kier molecular flexibility index (Phi) is 4.61. The van der Waals surface area contributed by atoms with Crippen LogP contribution in [-0.4, -0.2) is 9.30 Å². The average molecular weight is 319 g/mol. The van der Waals surface area contributed by atoms with Crippen molar-refractivity contribution in [2.75, 3.05) is 0 Å². The van der Waals surface area contributed by atoms with E-state index < -0.39 is 27.8 Å². The van der Waals surface area contributed by atoms with Crippen LogP contribution in [-0.2, 0) is 17.5 Å². The summed E-state index contributed by atoms with van der Waals surface area (Å²) >= 11 is -1.24. The summed E-state index contributed by atoms with van der Waals surface area (Å²) < 4.78 is 52.7. The van der Waals surface area contributed by atoms with Crippen LogP contribution in [0.2, 0.25) is 0 Å². The minimum atomic E-state index is -4.32. The van der Waals surface area contributed by atoms with Crippen LogP contribution in [0.1, 0.15) is 50.8 Å². The van der Waals surface area contributed by atoms with Crippen molar-refractivity contribution in [2.24, 2.45) is 5.92 Å². The van der Waals surface area contributed by atoms with Crippen molar-refractivity contribution in [1.29, 1.82) is 0 Å². The van der Waals surface area contributed by atoms with Gasteiger partial charge < -0.3 is 4.55 Å². The highest BCUT2D eigenvalue weighted by Gasteiger charge is 2.39. The van der Waals surface area contributed by atoms with Crippen molar-refractivity contribution in [1.82, 2.24) is 4.72 Å². The Labute approximate surface area is 126 Å². The van der Waals surface area contributed by atoms with Crippen LogP contribution < -0.4 is 4.72 Å². The second-order valence-corrected chi connectivity index (χ2v) is 8.43. The van der Waals surface area contributed by atoms with Crippen molar-refractivity contribution in [3.8, 4) is 0 Å². The summed E-state index contributed by atoms with van der Waals surface area (Å²) in [5, 5.41) is 0. The molecule has 118 valence electrons. The van der Waals surface area contributed by atoms with E-state index in [1.807, 2.05) is 20.8 Å². The number of benzene rings is 1. The number of hydrogen-bond acceptors (Lipinski definition) is 2. The van der Waals surface area contributed by atoms with Gasteiger partial charge in [-0.1, -0.05) is 12.1 Å². The Morgan fingerprint density at radius 1 is 1.14 bits per heavy atom. The first-order chi connectivity index (χ1) is 9.59. The summed E-state index contributed by atoms with van der Waals surface area (Å²) in [6, 6.07) is 5.00. The SMILES string of the molecule is CC(C)(C)[S@@+]([O-])N[C@H](c1ccc(C(F)(F)F)cc1)C1CC1. The minimum Gasteiger partial charge on any atom is -0.598 e. The zero-order valence-electron chi connectivity index (χ0n) is 12.3. The fourth-order valence-electron chi connectivity index (χ4n) is 2.04. The quantitative estimate of drug-likeness (QED) is 0.844. The van der Waals surface area contributed by atoms with E-state index in [1.165, 1.54) is 12.1 Å². The number of hydrogen-bond donors (Lipinski definition) is 1. The molecule has 0 aromatic heterocycles. The van der Waals surface area contributed by atoms with Gasteiger partial charge in [-0.15, -0.1) is 4.72 Å². The van der Waals surface area contributed by atoms with Gasteiger partial charge in [-0.25, -0.2) is 0 Å². The number of halogens is 3. The van der Waals surface area contributed by atoms with Gasteiger partial charge in [0, 0.05) is 11.4 Å². The number of rotatable bonds is 4. The molecule has 1 aliphatic rings. The van der Waals surface area contributed by atoms with Gasteiger partial charge in [-0.3, -0.25) is 0 Å². The maximum Gasteiger partial charge on any atom is 0.416 e. The molecule has 1 aromatic rings. The molecule has 0 amide bonds. The Hall–Kier alpha value is -0.720. The molecule has 21 heavy (non-hydrogen) atoms. The van der Waals surface area contributed by atoms with E-state index in [4.69, 9.17) is 0 Å². The van der Waals surface area contributed by atoms with E-state index in [2.05, 4.69) is 4.72 Å². The first-order valence-corrected chi connectivity index (χ1v) is 8.09. The molecule has 2 nitrogen and oxygen atoms in total. The van der Waals surface area contributed by atoms with Crippen molar-refractivity contribution < 1.29 is 17.7 Å². The molecule has 1 N–H and O–H groups in total. The molecule has 0 radical (unpaired) electrons. The van der Waals surface area contributed by atoms with E-state index in [1.54, 1.807) is 0 Å². The summed E-state index contributed by atoms with van der Waals surface area (Å²) in [6.45, 7) is 5.60. The van der Waals surface area contributed by atoms with Crippen molar-refractivity contribution in [3.63, 3.8) is 0 Å². The van der Waals surface area contributed by atoms with E-state index in [-0.39, 0.29) is 6.04 Å². The molecule has 2 rings (SSSR count). The fourth-order valence-corrected chi connectivity index (χ4v) is 2.95. The Morgan fingerprint density at radius 2 is 1.67 bits per heavy atom. The summed E-state index contributed by atoms with van der Waals surface area (Å²) in [4.78, 5) is 0. The van der Waals surface area contributed by atoms with E-state index in [0.29, 0.717) is 5.92 Å². The summed E-state index contributed by atoms with van der Waals surface area (Å²) in [5.41, 5.74) is 0.112. The number of alkyl halides is 3. The van der Waals surface area contributed by atoms with Crippen LogP contribution in [0, 0.1) is 5.92 Å². The largest absolute Gasteiger partial charge is 0.598 e. The average Bonchev–Trinajstić information content (AvgIpc) is 3.17. The highest BCUT2D eigenvalue weighted by atomic mass is 32.2. The lowest BCUT2D eigenvalue weighted by Gasteiger charge is -2.28. The Balaban J connectivity index is 2.16. The van der Waals surface area contributed by atoms with Gasteiger partial charge in [0.05, 0.1) is 11.6 Å². The van der Waals surface area contributed by atoms with Crippen LogP contribution in [0.15, 0.2) is 24.3 Å². The third-order valence-electron chi connectivity index (χ3n) is 3.48. The zero-order valence-corrected chi connectivity index (χ0v) is 13.1. The fraction of sp³-hybridized carbons (Fsp3) is 0.600. The Morgan fingerprint density at radius 3 is 2.05 bits per heavy atom. The van der Waals surface area contributed by atoms with Crippen LogP contribution in [0.4, 0.5) is 13.2 Å². The van der Waals surface area contributed by atoms with Gasteiger partial charge in [-0.2, -0.15) is 13.2 Å². The van der Waals surface area contributed by atoms with Gasteiger partial charge >= 0.3 is 6.18 Å². The summed E-state index contributed by atoms with van der Waals surface area (Å²) in [7, 11) is 0. The molecule has 0 bridgehead atoms. The first kappa shape index (κ1) is 16.6. The van der Waals surface area contributed by atoms with Gasteiger partial charge in [-0.05, 0) is 57.2 Å². The highest BCUT2D eigenvalue weighted by molar-refractivity contribution is 7.90. The van der Waals surface area contributed by atoms with Crippen LogP contribution in [0.3, 0.4) is 0 Å². The molecule has 0 saturated heterocycles. The summed E-state index contributed by atoms with van der Waals surface area (Å²) in [5.74, 6) is 0.355.